The SMILES string of the molecule is CCOC(=O)C1CCN(c2ncnc(NNS(=O)(=O)c3ccc(C)cc3)c2[N+](=O)[O-])CC1. The van der Waals surface area contributed by atoms with Crippen LogP contribution in [0.3, 0.4) is 0 Å². The van der Waals surface area contributed by atoms with E-state index in [-0.39, 0.29) is 28.4 Å². The second-order valence-electron chi connectivity index (χ2n) is 7.21. The van der Waals surface area contributed by atoms with Crippen LogP contribution in [-0.4, -0.2) is 49.0 Å². The Hall–Kier alpha value is -3.32. The Morgan fingerprint density at radius 2 is 1.91 bits per heavy atom. The zero-order valence-electron chi connectivity index (χ0n) is 17.6. The fourth-order valence-corrected chi connectivity index (χ4v) is 4.18. The minimum absolute atomic E-state index is 0.00595. The highest BCUT2D eigenvalue weighted by molar-refractivity contribution is 7.89. The lowest BCUT2D eigenvalue weighted by atomic mass is 9.97. The first-order valence-corrected chi connectivity index (χ1v) is 11.5. The number of hydrogen-bond acceptors (Lipinski definition) is 10. The molecule has 2 N–H and O–H groups in total. The molecule has 2 heterocycles. The summed E-state index contributed by atoms with van der Waals surface area (Å²) in [5.41, 5.74) is 2.76. The fraction of sp³-hybridized carbons (Fsp3) is 0.421. The van der Waals surface area contributed by atoms with Crippen molar-refractivity contribution < 1.29 is 22.9 Å². The van der Waals surface area contributed by atoms with Gasteiger partial charge >= 0.3 is 11.7 Å². The number of esters is 1. The Morgan fingerprint density at radius 3 is 2.50 bits per heavy atom. The van der Waals surface area contributed by atoms with Crippen LogP contribution in [0.25, 0.3) is 0 Å². The number of aryl methyl sites for hydroxylation is 1. The van der Waals surface area contributed by atoms with Crippen molar-refractivity contribution in [2.24, 2.45) is 5.92 Å². The van der Waals surface area contributed by atoms with Gasteiger partial charge in [0.05, 0.1) is 22.3 Å². The average molecular weight is 465 g/mol. The first-order chi connectivity index (χ1) is 15.2. The average Bonchev–Trinajstić information content (AvgIpc) is 2.78. The number of nitrogens with zero attached hydrogens (tertiary/aromatic N) is 4. The number of carbonyl (C=O) groups is 1. The van der Waals surface area contributed by atoms with Crippen molar-refractivity contribution in [3.63, 3.8) is 0 Å². The molecule has 1 saturated heterocycles. The van der Waals surface area contributed by atoms with Crippen LogP contribution >= 0.6 is 0 Å². The molecule has 1 aliphatic rings. The van der Waals surface area contributed by atoms with Crippen molar-refractivity contribution in [2.75, 3.05) is 30.0 Å². The molecule has 0 saturated carbocycles. The number of hydrogen-bond donors (Lipinski definition) is 2. The van der Waals surface area contributed by atoms with Gasteiger partial charge in [-0.25, -0.2) is 18.4 Å². The smallest absolute Gasteiger partial charge is 0.354 e. The van der Waals surface area contributed by atoms with Crippen molar-refractivity contribution in [1.29, 1.82) is 0 Å². The molecule has 12 nitrogen and oxygen atoms in total. The summed E-state index contributed by atoms with van der Waals surface area (Å²) in [4.78, 5) is 34.7. The van der Waals surface area contributed by atoms with E-state index in [0.717, 1.165) is 11.9 Å². The van der Waals surface area contributed by atoms with Crippen LogP contribution in [-0.2, 0) is 19.6 Å². The Bertz CT molecular complexity index is 1080. The lowest BCUT2D eigenvalue weighted by Gasteiger charge is -2.31. The Morgan fingerprint density at radius 1 is 1.25 bits per heavy atom. The number of aromatic nitrogens is 2. The number of benzene rings is 1. The Kier molecular flexibility index (Phi) is 7.20. The van der Waals surface area contributed by atoms with E-state index in [0.29, 0.717) is 32.5 Å². The second kappa shape index (κ2) is 9.87. The summed E-state index contributed by atoms with van der Waals surface area (Å²) in [6.45, 7) is 4.57. The number of sulfonamides is 1. The standard InChI is InChI=1S/C19H24N6O6S/c1-3-31-19(26)14-8-10-24(11-9-14)18-16(25(27)28)17(20-12-21-18)22-23-32(29,30)15-6-4-13(2)5-7-15/h4-7,12,14,23H,3,8-11H2,1-2H3,(H,20,21,22). The van der Waals surface area contributed by atoms with Gasteiger partial charge in [0.1, 0.15) is 6.33 Å². The Labute approximate surface area is 185 Å². The highest BCUT2D eigenvalue weighted by Crippen LogP contribution is 2.34. The maximum atomic E-state index is 12.5. The van der Waals surface area contributed by atoms with Crippen LogP contribution in [0.1, 0.15) is 25.3 Å². The van der Waals surface area contributed by atoms with E-state index in [9.17, 15) is 23.3 Å². The van der Waals surface area contributed by atoms with E-state index in [1.165, 1.54) is 12.1 Å². The molecule has 172 valence electrons. The molecule has 0 amide bonds. The number of nitro groups is 1. The summed E-state index contributed by atoms with van der Waals surface area (Å²) < 4.78 is 30.0. The summed E-state index contributed by atoms with van der Waals surface area (Å²) in [6.07, 6.45) is 2.04. The third kappa shape index (κ3) is 5.29. The van der Waals surface area contributed by atoms with Crippen LogP contribution in [0.15, 0.2) is 35.5 Å². The number of rotatable bonds is 8. The van der Waals surface area contributed by atoms with Gasteiger partial charge in [-0.05, 0) is 38.8 Å². The summed E-state index contributed by atoms with van der Waals surface area (Å²) in [5, 5.41) is 11.8. The maximum absolute atomic E-state index is 12.5. The van der Waals surface area contributed by atoms with Crippen LogP contribution in [0.4, 0.5) is 17.3 Å². The number of anilines is 2. The van der Waals surface area contributed by atoms with Crippen LogP contribution in [0, 0.1) is 23.0 Å². The minimum Gasteiger partial charge on any atom is -0.466 e. The lowest BCUT2D eigenvalue weighted by molar-refractivity contribution is -0.383. The van der Waals surface area contributed by atoms with Crippen LogP contribution in [0.2, 0.25) is 0 Å². The van der Waals surface area contributed by atoms with Gasteiger partial charge in [-0.1, -0.05) is 17.7 Å². The molecule has 1 aromatic heterocycles. The van der Waals surface area contributed by atoms with E-state index in [2.05, 4.69) is 20.2 Å². The fourth-order valence-electron chi connectivity index (χ4n) is 3.34. The monoisotopic (exact) mass is 464 g/mol. The van der Waals surface area contributed by atoms with Crippen molar-refractivity contribution >= 4 is 33.3 Å². The van der Waals surface area contributed by atoms with E-state index >= 15 is 0 Å². The molecule has 0 radical (unpaired) electrons. The van der Waals surface area contributed by atoms with Crippen molar-refractivity contribution in [3.05, 3.63) is 46.3 Å². The van der Waals surface area contributed by atoms with Gasteiger partial charge in [0.25, 0.3) is 10.0 Å². The predicted octanol–water partition coefficient (Wildman–Crippen LogP) is 1.78. The van der Waals surface area contributed by atoms with Gasteiger partial charge in [0.15, 0.2) is 0 Å². The largest absolute Gasteiger partial charge is 0.466 e. The molecular formula is C19H24N6O6S. The molecule has 1 aliphatic heterocycles. The van der Waals surface area contributed by atoms with E-state index < -0.39 is 20.6 Å². The molecule has 0 bridgehead atoms. The topological polar surface area (TPSA) is 157 Å². The first kappa shape index (κ1) is 23.3. The summed E-state index contributed by atoms with van der Waals surface area (Å²) >= 11 is 0. The van der Waals surface area contributed by atoms with Crippen LogP contribution in [0.5, 0.6) is 0 Å². The van der Waals surface area contributed by atoms with Gasteiger partial charge in [-0.2, -0.15) is 0 Å². The summed E-state index contributed by atoms with van der Waals surface area (Å²) in [6, 6.07) is 6.12. The van der Waals surface area contributed by atoms with Crippen molar-refractivity contribution in [2.45, 2.75) is 31.6 Å². The maximum Gasteiger partial charge on any atom is 0.354 e. The minimum atomic E-state index is -3.99. The molecule has 0 aliphatic carbocycles. The summed E-state index contributed by atoms with van der Waals surface area (Å²) in [5.74, 6) is -0.796. The number of carbonyl (C=O) groups excluding carboxylic acids is 1. The highest BCUT2D eigenvalue weighted by Gasteiger charge is 2.32. The van der Waals surface area contributed by atoms with Crippen molar-refractivity contribution in [1.82, 2.24) is 14.8 Å². The van der Waals surface area contributed by atoms with E-state index in [4.69, 9.17) is 4.74 Å². The van der Waals surface area contributed by atoms with E-state index in [1.807, 2.05) is 6.92 Å². The molecule has 2 aromatic rings. The molecule has 0 spiro atoms. The number of hydrazine groups is 1. The number of nitrogens with one attached hydrogen (secondary N) is 2. The molecular weight excluding hydrogens is 440 g/mol. The molecule has 13 heteroatoms. The molecule has 0 unspecified atom stereocenters. The molecule has 0 atom stereocenters. The van der Waals surface area contributed by atoms with Gasteiger partial charge < -0.3 is 9.64 Å². The van der Waals surface area contributed by atoms with Gasteiger partial charge in [-0.3, -0.25) is 20.3 Å². The van der Waals surface area contributed by atoms with Gasteiger partial charge in [0, 0.05) is 13.1 Å². The zero-order valence-corrected chi connectivity index (χ0v) is 18.5. The quantitative estimate of drug-likeness (QED) is 0.335. The van der Waals surface area contributed by atoms with Crippen molar-refractivity contribution in [3.8, 4) is 0 Å². The molecule has 1 aromatic carbocycles. The Balaban J connectivity index is 1.78. The van der Waals surface area contributed by atoms with Crippen LogP contribution < -0.4 is 15.2 Å². The third-order valence-electron chi connectivity index (χ3n) is 5.04. The first-order valence-electron chi connectivity index (χ1n) is 9.98. The lowest BCUT2D eigenvalue weighted by Crippen LogP contribution is -2.38. The zero-order chi connectivity index (χ0) is 23.3. The number of ether oxygens (including phenoxy) is 1. The van der Waals surface area contributed by atoms with Gasteiger partial charge in [0.2, 0.25) is 11.6 Å². The normalized spacial score (nSPS) is 14.8. The molecule has 3 rings (SSSR count). The van der Waals surface area contributed by atoms with E-state index in [1.54, 1.807) is 24.0 Å². The predicted molar refractivity (Wildman–Crippen MR) is 115 cm³/mol. The number of piperidine rings is 1. The van der Waals surface area contributed by atoms with Gasteiger partial charge in [-0.15, -0.1) is 4.83 Å². The summed E-state index contributed by atoms with van der Waals surface area (Å²) in [7, 11) is -3.99. The molecule has 32 heavy (non-hydrogen) atoms. The highest BCUT2D eigenvalue weighted by atomic mass is 32.2. The molecule has 1 fully saturated rings. The third-order valence-corrected chi connectivity index (χ3v) is 6.30. The second-order valence-corrected chi connectivity index (χ2v) is 8.89.